The van der Waals surface area contributed by atoms with Crippen molar-refractivity contribution in [3.63, 3.8) is 0 Å². The van der Waals surface area contributed by atoms with Crippen LogP contribution in [0.25, 0.3) is 10.2 Å². The molecule has 0 spiro atoms. The molecule has 0 saturated heterocycles. The zero-order valence-electron chi connectivity index (χ0n) is 14.1. The second-order valence-electron chi connectivity index (χ2n) is 5.23. The third-order valence-electron chi connectivity index (χ3n) is 3.51. The van der Waals surface area contributed by atoms with E-state index in [1.165, 1.54) is 17.4 Å². The number of amides is 1. The highest BCUT2D eigenvalue weighted by Crippen LogP contribution is 2.36. The minimum Gasteiger partial charge on any atom is -0.497 e. The second kappa shape index (κ2) is 8.26. The zero-order chi connectivity index (χ0) is 19.6. The summed E-state index contributed by atoms with van der Waals surface area (Å²) < 4.78 is 11.4. The highest BCUT2D eigenvalue weighted by molar-refractivity contribution is 7.80. The molecule has 0 aliphatic rings. The minimum atomic E-state index is -0.472. The van der Waals surface area contributed by atoms with Gasteiger partial charge in [0.25, 0.3) is 5.91 Å². The Kier molecular flexibility index (Phi) is 6.01. The standard InChI is InChI=1S/C17H13Cl2N3O3S2/c1-24-9-6-12(25-2)14-13(7-9)27-17(20-14)22-16(26)21-15(23)10-5-8(18)3-4-11(10)19/h3-7H,1-2H3,(H2,20,21,22,23,26). The number of methoxy groups -OCH3 is 2. The van der Waals surface area contributed by atoms with Gasteiger partial charge in [0.15, 0.2) is 10.2 Å². The number of hydrogen-bond acceptors (Lipinski definition) is 6. The van der Waals surface area contributed by atoms with Crippen LogP contribution in [0, 0.1) is 0 Å². The Bertz CT molecular complexity index is 1040. The topological polar surface area (TPSA) is 72.5 Å². The molecular formula is C17H13Cl2N3O3S2. The third-order valence-corrected chi connectivity index (χ3v) is 5.20. The van der Waals surface area contributed by atoms with Gasteiger partial charge in [-0.2, -0.15) is 0 Å². The molecule has 0 radical (unpaired) electrons. The van der Waals surface area contributed by atoms with Crippen LogP contribution in [0.2, 0.25) is 10.0 Å². The first-order chi connectivity index (χ1) is 12.9. The Hall–Kier alpha value is -2.13. The summed E-state index contributed by atoms with van der Waals surface area (Å²) in [5, 5.41) is 6.70. The Labute approximate surface area is 174 Å². The molecule has 0 aliphatic carbocycles. The summed E-state index contributed by atoms with van der Waals surface area (Å²) >= 11 is 18.5. The van der Waals surface area contributed by atoms with Crippen LogP contribution in [-0.4, -0.2) is 30.2 Å². The maximum atomic E-state index is 12.3. The van der Waals surface area contributed by atoms with Crippen LogP contribution < -0.4 is 20.1 Å². The Morgan fingerprint density at radius 1 is 1.19 bits per heavy atom. The predicted molar refractivity (Wildman–Crippen MR) is 113 cm³/mol. The molecule has 27 heavy (non-hydrogen) atoms. The van der Waals surface area contributed by atoms with Crippen molar-refractivity contribution >= 4 is 73.1 Å². The molecule has 2 N–H and O–H groups in total. The molecule has 0 fully saturated rings. The highest BCUT2D eigenvalue weighted by atomic mass is 35.5. The summed E-state index contributed by atoms with van der Waals surface area (Å²) in [5.74, 6) is 0.760. The van der Waals surface area contributed by atoms with Gasteiger partial charge in [-0.15, -0.1) is 0 Å². The lowest BCUT2D eigenvalue weighted by molar-refractivity contribution is 0.0978. The number of nitrogens with zero attached hydrogens (tertiary/aromatic N) is 1. The van der Waals surface area contributed by atoms with Crippen LogP contribution in [0.15, 0.2) is 30.3 Å². The molecule has 0 saturated carbocycles. The average Bonchev–Trinajstić information content (AvgIpc) is 3.04. The van der Waals surface area contributed by atoms with Crippen molar-refractivity contribution in [1.29, 1.82) is 0 Å². The van der Waals surface area contributed by atoms with E-state index in [1.54, 1.807) is 32.4 Å². The first-order valence-electron chi connectivity index (χ1n) is 7.51. The van der Waals surface area contributed by atoms with Crippen LogP contribution in [0.4, 0.5) is 5.13 Å². The number of aromatic nitrogens is 1. The number of thiocarbonyl (C=S) groups is 1. The number of halogens is 2. The fourth-order valence-corrected chi connectivity index (χ4v) is 3.82. The summed E-state index contributed by atoms with van der Waals surface area (Å²) in [6.45, 7) is 0. The normalized spacial score (nSPS) is 10.5. The predicted octanol–water partition coefficient (Wildman–Crippen LogP) is 4.75. The second-order valence-corrected chi connectivity index (χ2v) is 7.51. The molecule has 2 aromatic carbocycles. The number of thiazole rings is 1. The molecule has 3 aromatic rings. The number of carbonyl (C=O) groups excluding carboxylic acids is 1. The highest BCUT2D eigenvalue weighted by Gasteiger charge is 2.15. The Balaban J connectivity index is 1.77. The number of nitrogens with one attached hydrogen (secondary N) is 2. The minimum absolute atomic E-state index is 0.0843. The molecule has 140 valence electrons. The van der Waals surface area contributed by atoms with Crippen LogP contribution in [0.3, 0.4) is 0 Å². The van der Waals surface area contributed by atoms with Crippen molar-refractivity contribution in [2.75, 3.05) is 19.5 Å². The molecule has 0 aliphatic heterocycles. The molecule has 0 bridgehead atoms. The van der Waals surface area contributed by atoms with Gasteiger partial charge in [0.1, 0.15) is 17.0 Å². The SMILES string of the molecule is COc1cc(OC)c2nc(NC(=S)NC(=O)c3cc(Cl)ccc3Cl)sc2c1. The molecule has 3 rings (SSSR count). The van der Waals surface area contributed by atoms with E-state index in [4.69, 9.17) is 44.9 Å². The molecule has 1 amide bonds. The summed E-state index contributed by atoms with van der Waals surface area (Å²) in [5.41, 5.74) is 0.891. The number of hydrogen-bond donors (Lipinski definition) is 2. The maximum absolute atomic E-state index is 12.3. The smallest absolute Gasteiger partial charge is 0.258 e. The van der Waals surface area contributed by atoms with Crippen molar-refractivity contribution in [3.05, 3.63) is 45.9 Å². The molecule has 6 nitrogen and oxygen atoms in total. The van der Waals surface area contributed by atoms with Crippen molar-refractivity contribution in [1.82, 2.24) is 10.3 Å². The number of anilines is 1. The van der Waals surface area contributed by atoms with Crippen LogP contribution in [0.1, 0.15) is 10.4 Å². The van der Waals surface area contributed by atoms with Gasteiger partial charge in [-0.1, -0.05) is 34.5 Å². The molecule has 0 unspecified atom stereocenters. The van der Waals surface area contributed by atoms with Gasteiger partial charge >= 0.3 is 0 Å². The summed E-state index contributed by atoms with van der Waals surface area (Å²) in [4.78, 5) is 16.8. The van der Waals surface area contributed by atoms with E-state index in [0.29, 0.717) is 27.2 Å². The monoisotopic (exact) mass is 441 g/mol. The first-order valence-corrected chi connectivity index (χ1v) is 9.49. The lowest BCUT2D eigenvalue weighted by atomic mass is 10.2. The van der Waals surface area contributed by atoms with Crippen molar-refractivity contribution in [2.24, 2.45) is 0 Å². The van der Waals surface area contributed by atoms with Gasteiger partial charge < -0.3 is 14.8 Å². The van der Waals surface area contributed by atoms with Crippen molar-refractivity contribution in [3.8, 4) is 11.5 Å². The van der Waals surface area contributed by atoms with Crippen LogP contribution in [-0.2, 0) is 0 Å². The number of benzene rings is 2. The van der Waals surface area contributed by atoms with Gasteiger partial charge in [-0.3, -0.25) is 10.1 Å². The molecular weight excluding hydrogens is 429 g/mol. The fraction of sp³-hybridized carbons (Fsp3) is 0.118. The van der Waals surface area contributed by atoms with E-state index in [1.807, 2.05) is 6.07 Å². The molecule has 1 heterocycles. The molecule has 10 heteroatoms. The van der Waals surface area contributed by atoms with E-state index in [0.717, 1.165) is 4.70 Å². The molecule has 1 aromatic heterocycles. The number of ether oxygens (including phenoxy) is 2. The Morgan fingerprint density at radius 2 is 1.96 bits per heavy atom. The zero-order valence-corrected chi connectivity index (χ0v) is 17.3. The van der Waals surface area contributed by atoms with E-state index >= 15 is 0 Å². The van der Waals surface area contributed by atoms with Crippen molar-refractivity contribution in [2.45, 2.75) is 0 Å². The van der Waals surface area contributed by atoms with Crippen LogP contribution in [0.5, 0.6) is 11.5 Å². The lowest BCUT2D eigenvalue weighted by Gasteiger charge is -2.08. The first kappa shape index (κ1) is 19.6. The summed E-state index contributed by atoms with van der Waals surface area (Å²) in [7, 11) is 3.13. The summed E-state index contributed by atoms with van der Waals surface area (Å²) in [6.07, 6.45) is 0. The van der Waals surface area contributed by atoms with Gasteiger partial charge in [0.2, 0.25) is 0 Å². The van der Waals surface area contributed by atoms with Gasteiger partial charge in [-0.25, -0.2) is 4.98 Å². The van der Waals surface area contributed by atoms with Gasteiger partial charge in [0, 0.05) is 11.1 Å². The summed E-state index contributed by atoms with van der Waals surface area (Å²) in [6, 6.07) is 8.19. The van der Waals surface area contributed by atoms with Gasteiger partial charge in [-0.05, 0) is 36.5 Å². The number of carbonyl (C=O) groups is 1. The quantitative estimate of drug-likeness (QED) is 0.569. The van der Waals surface area contributed by atoms with E-state index in [2.05, 4.69) is 15.6 Å². The van der Waals surface area contributed by atoms with Crippen molar-refractivity contribution < 1.29 is 14.3 Å². The number of rotatable bonds is 4. The number of fused-ring (bicyclic) bond motifs is 1. The average molecular weight is 442 g/mol. The largest absolute Gasteiger partial charge is 0.497 e. The maximum Gasteiger partial charge on any atom is 0.258 e. The molecule has 0 atom stereocenters. The lowest BCUT2D eigenvalue weighted by Crippen LogP contribution is -2.34. The third kappa shape index (κ3) is 4.41. The van der Waals surface area contributed by atoms with E-state index in [-0.39, 0.29) is 15.7 Å². The Morgan fingerprint density at radius 3 is 2.67 bits per heavy atom. The fourth-order valence-electron chi connectivity index (χ4n) is 2.27. The van der Waals surface area contributed by atoms with Gasteiger partial charge in [0.05, 0.1) is 29.5 Å². The van der Waals surface area contributed by atoms with E-state index in [9.17, 15) is 4.79 Å². The van der Waals surface area contributed by atoms with Crippen LogP contribution >= 0.6 is 46.8 Å². The van der Waals surface area contributed by atoms with E-state index < -0.39 is 5.91 Å².